The highest BCUT2D eigenvalue weighted by molar-refractivity contribution is 5.94. The summed E-state index contributed by atoms with van der Waals surface area (Å²) in [7, 11) is 2.03. The second kappa shape index (κ2) is 9.32. The molecule has 0 aliphatic heterocycles. The summed E-state index contributed by atoms with van der Waals surface area (Å²) in [4.78, 5) is 24.9. The van der Waals surface area contributed by atoms with Crippen LogP contribution in [0, 0.1) is 0 Å². The molecule has 0 heterocycles. The van der Waals surface area contributed by atoms with Crippen LogP contribution in [0.25, 0.3) is 0 Å². The highest BCUT2D eigenvalue weighted by Crippen LogP contribution is 2.12. The molecule has 0 fully saturated rings. The number of carbonyl (C=O) groups is 2. The summed E-state index contributed by atoms with van der Waals surface area (Å²) < 4.78 is 5.16. The zero-order valence-corrected chi connectivity index (χ0v) is 14.3. The van der Waals surface area contributed by atoms with Crippen LogP contribution in [-0.4, -0.2) is 38.6 Å². The van der Waals surface area contributed by atoms with Crippen molar-refractivity contribution in [1.29, 1.82) is 0 Å². The van der Waals surface area contributed by atoms with Crippen LogP contribution in [-0.2, 0) is 4.79 Å². The molecule has 25 heavy (non-hydrogen) atoms. The number of primary amides is 1. The first-order valence-corrected chi connectivity index (χ1v) is 8.12. The first-order chi connectivity index (χ1) is 12.1. The Morgan fingerprint density at radius 2 is 1.76 bits per heavy atom. The number of nitrogens with one attached hydrogen (secondary N) is 1. The molecule has 6 heteroatoms. The molecule has 0 aliphatic carbocycles. The Balaban J connectivity index is 1.72. The van der Waals surface area contributed by atoms with E-state index in [0.717, 1.165) is 18.7 Å². The van der Waals surface area contributed by atoms with Gasteiger partial charge in [0.1, 0.15) is 5.75 Å². The maximum atomic E-state index is 12.1. The lowest BCUT2D eigenvalue weighted by molar-refractivity contribution is -0.119. The maximum absolute atomic E-state index is 12.1. The second-order valence-corrected chi connectivity index (χ2v) is 5.65. The van der Waals surface area contributed by atoms with Gasteiger partial charge >= 0.3 is 0 Å². The van der Waals surface area contributed by atoms with E-state index >= 15 is 0 Å². The van der Waals surface area contributed by atoms with Crippen LogP contribution in [0.3, 0.4) is 0 Å². The van der Waals surface area contributed by atoms with Gasteiger partial charge < -0.3 is 20.7 Å². The van der Waals surface area contributed by atoms with Crippen molar-refractivity contribution >= 4 is 17.5 Å². The number of hydrogen-bond donors (Lipinski definition) is 2. The van der Waals surface area contributed by atoms with E-state index in [2.05, 4.69) is 22.3 Å². The Bertz CT molecular complexity index is 687. The minimum absolute atomic E-state index is 0.135. The van der Waals surface area contributed by atoms with Crippen molar-refractivity contribution in [2.24, 2.45) is 5.73 Å². The third-order valence-electron chi connectivity index (χ3n) is 3.65. The Kier molecular flexibility index (Phi) is 6.83. The molecule has 3 N–H and O–H groups in total. The topological polar surface area (TPSA) is 84.7 Å². The van der Waals surface area contributed by atoms with E-state index in [9.17, 15) is 9.59 Å². The number of nitrogens with two attached hydrogens (primary N) is 1. The number of nitrogens with zero attached hydrogens (tertiary/aromatic N) is 1. The van der Waals surface area contributed by atoms with E-state index in [1.165, 1.54) is 0 Å². The van der Waals surface area contributed by atoms with Crippen molar-refractivity contribution in [3.8, 4) is 5.75 Å². The summed E-state index contributed by atoms with van der Waals surface area (Å²) in [6.45, 7) is 1.26. The zero-order chi connectivity index (χ0) is 18.1. The van der Waals surface area contributed by atoms with Gasteiger partial charge in [0.15, 0.2) is 6.61 Å². The van der Waals surface area contributed by atoms with Crippen LogP contribution in [0.2, 0.25) is 0 Å². The van der Waals surface area contributed by atoms with Crippen LogP contribution in [0.15, 0.2) is 54.6 Å². The van der Waals surface area contributed by atoms with Crippen LogP contribution in [0.1, 0.15) is 16.8 Å². The molecule has 2 aromatic rings. The number of amides is 2. The lowest BCUT2D eigenvalue weighted by Gasteiger charge is -2.19. The average molecular weight is 341 g/mol. The molecule has 0 unspecified atom stereocenters. The first-order valence-electron chi connectivity index (χ1n) is 8.12. The van der Waals surface area contributed by atoms with E-state index in [1.54, 1.807) is 24.3 Å². The van der Waals surface area contributed by atoms with Gasteiger partial charge in [-0.25, -0.2) is 0 Å². The predicted molar refractivity (Wildman–Crippen MR) is 97.8 cm³/mol. The third kappa shape index (κ3) is 6.18. The van der Waals surface area contributed by atoms with Crippen molar-refractivity contribution in [2.45, 2.75) is 6.42 Å². The fourth-order valence-corrected chi connectivity index (χ4v) is 2.29. The van der Waals surface area contributed by atoms with E-state index in [-0.39, 0.29) is 12.5 Å². The highest BCUT2D eigenvalue weighted by atomic mass is 16.5. The molecule has 0 aliphatic rings. The second-order valence-electron chi connectivity index (χ2n) is 5.65. The third-order valence-corrected chi connectivity index (χ3v) is 3.65. The number of para-hydroxylation sites is 1. The molecule has 6 nitrogen and oxygen atoms in total. The molecule has 0 saturated heterocycles. The van der Waals surface area contributed by atoms with E-state index in [0.29, 0.717) is 17.9 Å². The lowest BCUT2D eigenvalue weighted by atomic mass is 10.2. The first kappa shape index (κ1) is 18.3. The Morgan fingerprint density at radius 1 is 1.08 bits per heavy atom. The number of ether oxygens (including phenoxy) is 1. The van der Waals surface area contributed by atoms with Gasteiger partial charge in [0, 0.05) is 31.4 Å². The van der Waals surface area contributed by atoms with Crippen LogP contribution >= 0.6 is 0 Å². The van der Waals surface area contributed by atoms with Gasteiger partial charge in [0.2, 0.25) is 0 Å². The SMILES string of the molecule is CN(CCCNC(=O)c1ccc(OCC(N)=O)cc1)c1ccccc1. The smallest absolute Gasteiger partial charge is 0.255 e. The minimum atomic E-state index is -0.540. The minimum Gasteiger partial charge on any atom is -0.484 e. The molecular weight excluding hydrogens is 318 g/mol. The number of hydrogen-bond acceptors (Lipinski definition) is 4. The van der Waals surface area contributed by atoms with Gasteiger partial charge in [-0.3, -0.25) is 9.59 Å². The monoisotopic (exact) mass is 341 g/mol. The molecule has 0 aromatic heterocycles. The highest BCUT2D eigenvalue weighted by Gasteiger charge is 2.06. The summed E-state index contributed by atoms with van der Waals surface area (Å²) in [6.07, 6.45) is 0.844. The fraction of sp³-hybridized carbons (Fsp3) is 0.263. The molecule has 2 amide bonds. The van der Waals surface area contributed by atoms with Gasteiger partial charge in [-0.1, -0.05) is 18.2 Å². The van der Waals surface area contributed by atoms with E-state index < -0.39 is 5.91 Å². The maximum Gasteiger partial charge on any atom is 0.255 e. The molecule has 0 bridgehead atoms. The summed E-state index contributed by atoms with van der Waals surface area (Å²) in [5.41, 5.74) is 6.71. The quantitative estimate of drug-likeness (QED) is 0.681. The van der Waals surface area contributed by atoms with Crippen molar-refractivity contribution < 1.29 is 14.3 Å². The number of anilines is 1. The fourth-order valence-electron chi connectivity index (χ4n) is 2.29. The molecule has 0 atom stereocenters. The largest absolute Gasteiger partial charge is 0.484 e. The number of carbonyl (C=O) groups excluding carboxylic acids is 2. The van der Waals surface area contributed by atoms with Crippen molar-refractivity contribution in [3.63, 3.8) is 0 Å². The van der Waals surface area contributed by atoms with E-state index in [4.69, 9.17) is 10.5 Å². The van der Waals surface area contributed by atoms with Gasteiger partial charge in [-0.05, 0) is 42.8 Å². The number of rotatable bonds is 9. The van der Waals surface area contributed by atoms with Gasteiger partial charge in [0.25, 0.3) is 11.8 Å². The average Bonchev–Trinajstić information content (AvgIpc) is 2.64. The van der Waals surface area contributed by atoms with E-state index in [1.807, 2.05) is 25.2 Å². The molecule has 0 saturated carbocycles. The lowest BCUT2D eigenvalue weighted by Crippen LogP contribution is -2.28. The molecular formula is C19H23N3O3. The Morgan fingerprint density at radius 3 is 2.40 bits per heavy atom. The number of benzene rings is 2. The molecule has 0 radical (unpaired) electrons. The molecule has 2 rings (SSSR count). The van der Waals surface area contributed by atoms with Gasteiger partial charge in [0.05, 0.1) is 0 Å². The molecule has 132 valence electrons. The van der Waals surface area contributed by atoms with Crippen molar-refractivity contribution in [1.82, 2.24) is 5.32 Å². The van der Waals surface area contributed by atoms with Crippen LogP contribution < -0.4 is 20.7 Å². The molecule has 2 aromatic carbocycles. The standard InChI is InChI=1S/C19H23N3O3/c1-22(16-6-3-2-4-7-16)13-5-12-21-19(24)15-8-10-17(11-9-15)25-14-18(20)23/h2-4,6-11H,5,12-14H2,1H3,(H2,20,23)(H,21,24). The summed E-state index contributed by atoms with van der Waals surface area (Å²) in [5.74, 6) is -0.175. The predicted octanol–water partition coefficient (Wildman–Crippen LogP) is 1.81. The normalized spacial score (nSPS) is 10.1. The van der Waals surface area contributed by atoms with Gasteiger partial charge in [-0.2, -0.15) is 0 Å². The summed E-state index contributed by atoms with van der Waals surface area (Å²) in [6, 6.07) is 16.7. The Labute approximate surface area is 147 Å². The van der Waals surface area contributed by atoms with Crippen molar-refractivity contribution in [3.05, 3.63) is 60.2 Å². The summed E-state index contributed by atoms with van der Waals surface area (Å²) >= 11 is 0. The van der Waals surface area contributed by atoms with Gasteiger partial charge in [-0.15, -0.1) is 0 Å². The molecule has 0 spiro atoms. The Hall–Kier alpha value is -3.02. The van der Waals surface area contributed by atoms with Crippen molar-refractivity contribution in [2.75, 3.05) is 31.6 Å². The zero-order valence-electron chi connectivity index (χ0n) is 14.3. The van der Waals surface area contributed by atoms with Crippen LogP contribution in [0.5, 0.6) is 5.75 Å². The summed E-state index contributed by atoms with van der Waals surface area (Å²) in [5, 5.41) is 2.89. The van der Waals surface area contributed by atoms with Crippen LogP contribution in [0.4, 0.5) is 5.69 Å².